The molecule has 4 bridgehead atoms. The van der Waals surface area contributed by atoms with Gasteiger partial charge in [-0.15, -0.1) is 0 Å². The normalized spacial score (nSPS) is 41.4. The number of rotatable bonds is 1. The summed E-state index contributed by atoms with van der Waals surface area (Å²) in [4.78, 5) is 14.7. The molecule has 3 heterocycles. The van der Waals surface area contributed by atoms with E-state index in [1.807, 2.05) is 0 Å². The maximum Gasteiger partial charge on any atom is 0.152 e. The maximum absolute atomic E-state index is 12.3. The number of nitrogens with zero attached hydrogens (tertiary/aromatic N) is 1. The van der Waals surface area contributed by atoms with E-state index in [4.69, 9.17) is 0 Å². The Bertz CT molecular complexity index is 492. The molecule has 0 saturated carbocycles. The third-order valence-electron chi connectivity index (χ3n) is 5.28. The number of carbonyl (C=O) groups is 1. The first kappa shape index (κ1) is 10.7. The van der Waals surface area contributed by atoms with Crippen molar-refractivity contribution in [1.82, 2.24) is 4.90 Å². The van der Waals surface area contributed by atoms with E-state index in [1.165, 1.54) is 30.4 Å². The quantitative estimate of drug-likeness (QED) is 0.753. The zero-order valence-electron chi connectivity index (χ0n) is 10.8. The van der Waals surface area contributed by atoms with Gasteiger partial charge in [0.15, 0.2) is 5.78 Å². The summed E-state index contributed by atoms with van der Waals surface area (Å²) in [7, 11) is 0. The molecular formula is C16H19NO. The van der Waals surface area contributed by atoms with E-state index >= 15 is 0 Å². The van der Waals surface area contributed by atoms with Gasteiger partial charge in [0.1, 0.15) is 0 Å². The number of hydrogen-bond donors (Lipinski definition) is 0. The molecule has 1 aromatic carbocycles. The van der Waals surface area contributed by atoms with Crippen molar-refractivity contribution in [2.24, 2.45) is 5.92 Å². The van der Waals surface area contributed by atoms with Crippen molar-refractivity contribution in [3.63, 3.8) is 0 Å². The highest BCUT2D eigenvalue weighted by molar-refractivity contribution is 5.87. The van der Waals surface area contributed by atoms with Gasteiger partial charge in [0, 0.05) is 18.0 Å². The lowest BCUT2D eigenvalue weighted by Gasteiger charge is -2.36. The molecule has 0 spiro atoms. The lowest BCUT2D eigenvalue weighted by Crippen LogP contribution is -2.40. The fourth-order valence-corrected chi connectivity index (χ4v) is 4.44. The zero-order valence-corrected chi connectivity index (χ0v) is 10.8. The number of benzene rings is 1. The van der Waals surface area contributed by atoms with Crippen LogP contribution in [0.2, 0.25) is 0 Å². The Morgan fingerprint density at radius 1 is 1.17 bits per heavy atom. The van der Waals surface area contributed by atoms with Crippen molar-refractivity contribution in [3.05, 3.63) is 35.4 Å². The van der Waals surface area contributed by atoms with E-state index in [1.54, 1.807) is 0 Å². The van der Waals surface area contributed by atoms with Crippen molar-refractivity contribution in [1.29, 1.82) is 0 Å². The number of carbonyl (C=O) groups excluding carboxylic acids is 1. The van der Waals surface area contributed by atoms with Gasteiger partial charge in [-0.1, -0.05) is 29.8 Å². The monoisotopic (exact) mass is 241 g/mol. The third kappa shape index (κ3) is 1.36. The molecule has 0 radical (unpaired) electrons. The van der Waals surface area contributed by atoms with Crippen LogP contribution < -0.4 is 0 Å². The standard InChI is InChI=1S/C16H19NO/c1-10-2-4-11(5-3-10)13-8-12-6-7-14-16(13)15(18)9-17(12)14/h2-5,12-14,16H,6-9H2,1H3/t12-,13+,14+,16-/m0/s1. The topological polar surface area (TPSA) is 20.3 Å². The SMILES string of the molecule is Cc1ccc([C@H]2C[C@@H]3CC[C@@H]4[C@H]2C(=O)CN34)cc1. The molecule has 1 aromatic rings. The Morgan fingerprint density at radius 3 is 2.72 bits per heavy atom. The molecule has 3 fully saturated rings. The van der Waals surface area contributed by atoms with Gasteiger partial charge in [-0.3, -0.25) is 9.69 Å². The summed E-state index contributed by atoms with van der Waals surface area (Å²) in [6.07, 6.45) is 3.73. The van der Waals surface area contributed by atoms with Crippen LogP contribution in [0, 0.1) is 12.8 Å². The minimum atomic E-state index is 0.284. The molecule has 18 heavy (non-hydrogen) atoms. The minimum absolute atomic E-state index is 0.284. The van der Waals surface area contributed by atoms with E-state index in [2.05, 4.69) is 36.1 Å². The first-order valence-corrected chi connectivity index (χ1v) is 7.09. The molecule has 3 aliphatic heterocycles. The molecule has 3 aliphatic rings. The second-order valence-electron chi connectivity index (χ2n) is 6.22. The highest BCUT2D eigenvalue weighted by Gasteiger charge is 2.55. The fourth-order valence-electron chi connectivity index (χ4n) is 4.44. The van der Waals surface area contributed by atoms with Crippen molar-refractivity contribution in [3.8, 4) is 0 Å². The Labute approximate surface area is 108 Å². The van der Waals surface area contributed by atoms with Crippen LogP contribution in [-0.2, 0) is 4.79 Å². The molecule has 2 nitrogen and oxygen atoms in total. The Morgan fingerprint density at radius 2 is 1.94 bits per heavy atom. The van der Waals surface area contributed by atoms with Crippen molar-refractivity contribution >= 4 is 5.78 Å². The van der Waals surface area contributed by atoms with Gasteiger partial charge in [-0.2, -0.15) is 0 Å². The van der Waals surface area contributed by atoms with E-state index in [0.717, 1.165) is 6.54 Å². The van der Waals surface area contributed by atoms with E-state index in [-0.39, 0.29) is 5.92 Å². The summed E-state index contributed by atoms with van der Waals surface area (Å²) in [5, 5.41) is 0. The molecule has 1 unspecified atom stereocenters. The molecule has 2 heteroatoms. The van der Waals surface area contributed by atoms with Crippen LogP contribution >= 0.6 is 0 Å². The Kier molecular flexibility index (Phi) is 2.19. The minimum Gasteiger partial charge on any atom is -0.298 e. The van der Waals surface area contributed by atoms with E-state index < -0.39 is 0 Å². The van der Waals surface area contributed by atoms with Gasteiger partial charge >= 0.3 is 0 Å². The average Bonchev–Trinajstić information content (AvgIpc) is 2.76. The van der Waals surface area contributed by atoms with E-state index in [9.17, 15) is 4.79 Å². The zero-order chi connectivity index (χ0) is 12.3. The molecule has 5 atom stereocenters. The van der Waals surface area contributed by atoms with Crippen LogP contribution in [0.1, 0.15) is 36.3 Å². The highest BCUT2D eigenvalue weighted by Crippen LogP contribution is 2.50. The molecule has 0 aromatic heterocycles. The molecule has 4 rings (SSSR count). The lowest BCUT2D eigenvalue weighted by molar-refractivity contribution is -0.120. The molecule has 3 saturated heterocycles. The summed E-state index contributed by atoms with van der Waals surface area (Å²) in [5.41, 5.74) is 2.69. The van der Waals surface area contributed by atoms with Crippen LogP contribution in [0.25, 0.3) is 0 Å². The van der Waals surface area contributed by atoms with Crippen LogP contribution in [0.4, 0.5) is 0 Å². The first-order valence-electron chi connectivity index (χ1n) is 7.09. The Balaban J connectivity index is 1.73. The number of piperidine rings is 1. The fraction of sp³-hybridized carbons (Fsp3) is 0.562. The van der Waals surface area contributed by atoms with Crippen molar-refractivity contribution in [2.75, 3.05) is 6.54 Å². The number of aryl methyl sites for hydroxylation is 1. The third-order valence-corrected chi connectivity index (χ3v) is 5.28. The van der Waals surface area contributed by atoms with Crippen LogP contribution in [0.15, 0.2) is 24.3 Å². The molecular weight excluding hydrogens is 222 g/mol. The van der Waals surface area contributed by atoms with Gasteiger partial charge in [-0.25, -0.2) is 0 Å². The van der Waals surface area contributed by atoms with E-state index in [0.29, 0.717) is 23.8 Å². The number of Topliss-reactive ketones (excluding diaryl/α,β-unsaturated/α-hetero) is 1. The van der Waals surface area contributed by atoms with Crippen molar-refractivity contribution < 1.29 is 4.79 Å². The molecule has 0 aliphatic carbocycles. The second-order valence-corrected chi connectivity index (χ2v) is 6.22. The second kappa shape index (κ2) is 3.67. The van der Waals surface area contributed by atoms with Gasteiger partial charge in [0.25, 0.3) is 0 Å². The number of hydrogen-bond acceptors (Lipinski definition) is 2. The van der Waals surface area contributed by atoms with Crippen LogP contribution in [0.5, 0.6) is 0 Å². The van der Waals surface area contributed by atoms with Crippen LogP contribution in [0.3, 0.4) is 0 Å². The smallest absolute Gasteiger partial charge is 0.152 e. The average molecular weight is 241 g/mol. The summed E-state index contributed by atoms with van der Waals surface area (Å²) >= 11 is 0. The largest absolute Gasteiger partial charge is 0.298 e. The Hall–Kier alpha value is -1.15. The molecule has 94 valence electrons. The summed E-state index contributed by atoms with van der Waals surface area (Å²) < 4.78 is 0. The first-order chi connectivity index (χ1) is 8.74. The van der Waals surface area contributed by atoms with Gasteiger partial charge < -0.3 is 0 Å². The summed E-state index contributed by atoms with van der Waals surface area (Å²) in [6.45, 7) is 2.85. The lowest BCUT2D eigenvalue weighted by atomic mass is 9.77. The highest BCUT2D eigenvalue weighted by atomic mass is 16.1. The van der Waals surface area contributed by atoms with Gasteiger partial charge in [0.2, 0.25) is 0 Å². The number of ketones is 1. The predicted octanol–water partition coefficient (Wildman–Crippen LogP) is 2.51. The summed E-state index contributed by atoms with van der Waals surface area (Å²) in [6, 6.07) is 10.1. The molecule has 0 N–H and O–H groups in total. The van der Waals surface area contributed by atoms with Crippen LogP contribution in [-0.4, -0.2) is 29.3 Å². The predicted molar refractivity (Wildman–Crippen MR) is 70.6 cm³/mol. The summed E-state index contributed by atoms with van der Waals surface area (Å²) in [5.74, 6) is 1.26. The van der Waals surface area contributed by atoms with Gasteiger partial charge in [0.05, 0.1) is 6.54 Å². The molecule has 0 amide bonds. The maximum atomic E-state index is 12.3. The van der Waals surface area contributed by atoms with Crippen molar-refractivity contribution in [2.45, 2.75) is 44.2 Å². The van der Waals surface area contributed by atoms with Gasteiger partial charge in [-0.05, 0) is 37.7 Å².